The predicted molar refractivity (Wildman–Crippen MR) is 50.4 cm³/mol. The van der Waals surface area contributed by atoms with Gasteiger partial charge in [-0.05, 0) is 0 Å². The van der Waals surface area contributed by atoms with Crippen LogP contribution in [0.5, 0.6) is 0 Å². The van der Waals surface area contributed by atoms with Crippen LogP contribution in [0.1, 0.15) is 25.6 Å². The van der Waals surface area contributed by atoms with Crippen molar-refractivity contribution in [2.24, 2.45) is 0 Å². The Morgan fingerprint density at radius 1 is 1.69 bits per heavy atom. The fourth-order valence-corrected chi connectivity index (χ4v) is 1.19. The maximum atomic E-state index is 11.1. The lowest BCUT2D eigenvalue weighted by atomic mass is 10.2. The van der Waals surface area contributed by atoms with Crippen molar-refractivity contribution < 1.29 is 4.79 Å². The first-order valence-corrected chi connectivity index (χ1v) is 4.36. The number of hydrogen-bond donors (Lipinski definition) is 1. The molecule has 0 aliphatic rings. The van der Waals surface area contributed by atoms with Crippen LogP contribution >= 0.6 is 0 Å². The van der Waals surface area contributed by atoms with Crippen molar-refractivity contribution in [3.05, 3.63) is 18.2 Å². The quantitative estimate of drug-likeness (QED) is 0.748. The number of carbonyl (C=O) groups is 1. The van der Waals surface area contributed by atoms with Gasteiger partial charge < -0.3 is 9.88 Å². The van der Waals surface area contributed by atoms with Crippen LogP contribution in [0, 0.1) is 0 Å². The number of imidazole rings is 1. The Morgan fingerprint density at radius 3 is 2.92 bits per heavy atom. The summed E-state index contributed by atoms with van der Waals surface area (Å²) in [6.45, 7) is 4.47. The molecule has 0 bridgehead atoms. The van der Waals surface area contributed by atoms with Crippen molar-refractivity contribution in [1.82, 2.24) is 14.9 Å². The zero-order valence-corrected chi connectivity index (χ0v) is 8.24. The van der Waals surface area contributed by atoms with Crippen LogP contribution in [0.15, 0.2) is 12.4 Å². The third-order valence-corrected chi connectivity index (χ3v) is 1.86. The summed E-state index contributed by atoms with van der Waals surface area (Å²) in [6, 6.07) is 0. The van der Waals surface area contributed by atoms with Crippen LogP contribution in [0.25, 0.3) is 0 Å². The molecule has 4 nitrogen and oxygen atoms in total. The lowest BCUT2D eigenvalue weighted by Gasteiger charge is -2.08. The van der Waals surface area contributed by atoms with E-state index in [1.54, 1.807) is 13.2 Å². The van der Waals surface area contributed by atoms with Gasteiger partial charge in [-0.3, -0.25) is 4.79 Å². The minimum atomic E-state index is -0.0000926. The average molecular weight is 181 g/mol. The molecule has 1 amide bonds. The van der Waals surface area contributed by atoms with Crippen molar-refractivity contribution >= 4 is 5.91 Å². The Bertz CT molecular complexity index is 291. The molecule has 0 aliphatic heterocycles. The molecule has 0 aliphatic carbocycles. The second-order valence-electron chi connectivity index (χ2n) is 3.24. The third-order valence-electron chi connectivity index (χ3n) is 1.86. The number of nitrogens with zero attached hydrogens (tertiary/aromatic N) is 2. The Labute approximate surface area is 78.0 Å². The molecule has 0 spiro atoms. The molecule has 0 aromatic carbocycles. The van der Waals surface area contributed by atoms with E-state index in [1.165, 1.54) is 0 Å². The van der Waals surface area contributed by atoms with Gasteiger partial charge in [0.1, 0.15) is 12.4 Å². The van der Waals surface area contributed by atoms with E-state index < -0.39 is 0 Å². The third kappa shape index (κ3) is 2.31. The number of nitrogens with one attached hydrogen (secondary N) is 1. The Morgan fingerprint density at radius 2 is 2.38 bits per heavy atom. The van der Waals surface area contributed by atoms with Gasteiger partial charge in [-0.25, -0.2) is 4.98 Å². The second kappa shape index (κ2) is 4.07. The second-order valence-corrected chi connectivity index (χ2v) is 3.24. The summed E-state index contributed by atoms with van der Waals surface area (Å²) in [7, 11) is 1.63. The van der Waals surface area contributed by atoms with Crippen molar-refractivity contribution in [3.63, 3.8) is 0 Å². The molecule has 0 unspecified atom stereocenters. The smallest absolute Gasteiger partial charge is 0.239 e. The van der Waals surface area contributed by atoms with Gasteiger partial charge in [0.25, 0.3) is 0 Å². The molecular formula is C9H15N3O. The van der Waals surface area contributed by atoms with Crippen LogP contribution in [0.2, 0.25) is 0 Å². The predicted octanol–water partition coefficient (Wildman–Crippen LogP) is 0.752. The summed E-state index contributed by atoms with van der Waals surface area (Å²) in [6.07, 6.45) is 3.54. The van der Waals surface area contributed by atoms with Gasteiger partial charge in [0.15, 0.2) is 0 Å². The monoisotopic (exact) mass is 181 g/mol. The van der Waals surface area contributed by atoms with Gasteiger partial charge in [0.2, 0.25) is 5.91 Å². The summed E-state index contributed by atoms with van der Waals surface area (Å²) in [5, 5.41) is 2.58. The minimum Gasteiger partial charge on any atom is -0.358 e. The average Bonchev–Trinajstić information content (AvgIpc) is 2.52. The summed E-state index contributed by atoms with van der Waals surface area (Å²) in [5.41, 5.74) is 0. The lowest BCUT2D eigenvalue weighted by Crippen LogP contribution is -2.24. The lowest BCUT2D eigenvalue weighted by molar-refractivity contribution is -0.121. The van der Waals surface area contributed by atoms with Gasteiger partial charge >= 0.3 is 0 Å². The first kappa shape index (κ1) is 9.77. The number of hydrogen-bond acceptors (Lipinski definition) is 2. The first-order chi connectivity index (χ1) is 6.15. The van der Waals surface area contributed by atoms with Gasteiger partial charge in [0.05, 0.1) is 0 Å². The number of carbonyl (C=O) groups excluding carboxylic acids is 1. The van der Waals surface area contributed by atoms with Crippen molar-refractivity contribution in [3.8, 4) is 0 Å². The highest BCUT2D eigenvalue weighted by molar-refractivity contribution is 5.75. The molecule has 0 fully saturated rings. The Kier molecular flexibility index (Phi) is 3.06. The topological polar surface area (TPSA) is 46.9 Å². The zero-order chi connectivity index (χ0) is 9.84. The fraction of sp³-hybridized carbons (Fsp3) is 0.556. The summed E-state index contributed by atoms with van der Waals surface area (Å²) < 4.78 is 1.86. The van der Waals surface area contributed by atoms with E-state index >= 15 is 0 Å². The Balaban J connectivity index is 2.76. The highest BCUT2D eigenvalue weighted by Crippen LogP contribution is 2.10. The molecule has 13 heavy (non-hydrogen) atoms. The highest BCUT2D eigenvalue weighted by Gasteiger charge is 2.08. The molecule has 72 valence electrons. The van der Waals surface area contributed by atoms with Gasteiger partial charge in [-0.1, -0.05) is 13.8 Å². The normalized spacial score (nSPS) is 10.5. The molecule has 0 radical (unpaired) electrons. The van der Waals surface area contributed by atoms with E-state index in [0.29, 0.717) is 12.5 Å². The molecule has 1 heterocycles. The van der Waals surface area contributed by atoms with Crippen LogP contribution in [0.3, 0.4) is 0 Å². The van der Waals surface area contributed by atoms with E-state index in [0.717, 1.165) is 5.82 Å². The maximum Gasteiger partial charge on any atom is 0.239 e. The van der Waals surface area contributed by atoms with Crippen LogP contribution in [-0.2, 0) is 11.3 Å². The first-order valence-electron chi connectivity index (χ1n) is 4.36. The number of likely N-dealkylation sites (N-methyl/N-ethyl adjacent to an activating group) is 1. The van der Waals surface area contributed by atoms with Crippen molar-refractivity contribution in [2.45, 2.75) is 26.3 Å². The standard InChI is InChI=1S/C9H15N3O/c1-7(2)9-11-4-5-12(9)6-8(13)10-3/h4-5,7H,6H2,1-3H3,(H,10,13). The molecule has 4 heteroatoms. The van der Waals surface area contributed by atoms with Crippen LogP contribution in [0.4, 0.5) is 0 Å². The van der Waals surface area contributed by atoms with Crippen LogP contribution < -0.4 is 5.32 Å². The minimum absolute atomic E-state index is 0.0000926. The highest BCUT2D eigenvalue weighted by atomic mass is 16.1. The van der Waals surface area contributed by atoms with E-state index in [-0.39, 0.29) is 5.91 Å². The van der Waals surface area contributed by atoms with E-state index in [9.17, 15) is 4.79 Å². The SMILES string of the molecule is CNC(=O)Cn1ccnc1C(C)C. The zero-order valence-electron chi connectivity index (χ0n) is 8.24. The molecular weight excluding hydrogens is 166 g/mol. The van der Waals surface area contributed by atoms with Crippen molar-refractivity contribution in [2.75, 3.05) is 7.05 Å². The van der Waals surface area contributed by atoms with Crippen molar-refractivity contribution in [1.29, 1.82) is 0 Å². The number of aromatic nitrogens is 2. The molecule has 1 rings (SSSR count). The molecule has 1 aromatic heterocycles. The summed E-state index contributed by atoms with van der Waals surface area (Å²) >= 11 is 0. The maximum absolute atomic E-state index is 11.1. The van der Waals surface area contributed by atoms with E-state index in [2.05, 4.69) is 24.1 Å². The van der Waals surface area contributed by atoms with E-state index in [4.69, 9.17) is 0 Å². The Hall–Kier alpha value is -1.32. The van der Waals surface area contributed by atoms with Gasteiger partial charge in [-0.15, -0.1) is 0 Å². The van der Waals surface area contributed by atoms with Crippen LogP contribution in [-0.4, -0.2) is 22.5 Å². The largest absolute Gasteiger partial charge is 0.358 e. The molecule has 1 aromatic rings. The molecule has 0 atom stereocenters. The molecule has 1 N–H and O–H groups in total. The molecule has 0 saturated carbocycles. The van der Waals surface area contributed by atoms with E-state index in [1.807, 2.05) is 10.8 Å². The summed E-state index contributed by atoms with van der Waals surface area (Å²) in [5.74, 6) is 1.29. The van der Waals surface area contributed by atoms with Gasteiger partial charge in [0, 0.05) is 25.4 Å². The summed E-state index contributed by atoms with van der Waals surface area (Å²) in [4.78, 5) is 15.3. The molecule has 0 saturated heterocycles. The number of amides is 1. The fourth-order valence-electron chi connectivity index (χ4n) is 1.19. The van der Waals surface area contributed by atoms with Gasteiger partial charge in [-0.2, -0.15) is 0 Å². The number of rotatable bonds is 3.